The van der Waals surface area contributed by atoms with Crippen LogP contribution in [0.5, 0.6) is 0 Å². The molecule has 2 saturated heterocycles. The summed E-state index contributed by atoms with van der Waals surface area (Å²) in [6.07, 6.45) is 6.09. The minimum absolute atomic E-state index is 1.09. The van der Waals surface area contributed by atoms with Crippen molar-refractivity contribution in [1.29, 1.82) is 0 Å². The number of hydrogen-bond acceptors (Lipinski definition) is 1. The van der Waals surface area contributed by atoms with E-state index in [0.717, 1.165) is 10.5 Å². The summed E-state index contributed by atoms with van der Waals surface area (Å²) < 4.78 is 0. The zero-order valence-corrected chi connectivity index (χ0v) is 5.21. The van der Waals surface area contributed by atoms with E-state index in [1.54, 1.807) is 0 Å². The molecule has 1 heteroatoms. The molecule has 2 rings (SSSR count). The summed E-state index contributed by atoms with van der Waals surface area (Å²) in [5.74, 6) is 0. The molecule has 7 heavy (non-hydrogen) atoms. The maximum Gasteiger partial charge on any atom is 0.00506 e. The first kappa shape index (κ1) is 4.25. The minimum Gasteiger partial charge on any atom is -0.155 e. The highest BCUT2D eigenvalue weighted by Gasteiger charge is 2.31. The summed E-state index contributed by atoms with van der Waals surface area (Å²) in [6, 6.07) is 0. The quantitative estimate of drug-likeness (QED) is 0.464. The third-order valence-corrected chi connectivity index (χ3v) is 3.72. The van der Waals surface area contributed by atoms with Crippen LogP contribution < -0.4 is 0 Å². The molecule has 0 radical (unpaired) electrons. The van der Waals surface area contributed by atoms with Crippen LogP contribution in [-0.2, 0) is 0 Å². The molecule has 0 nitrogen and oxygen atoms in total. The van der Waals surface area contributed by atoms with E-state index >= 15 is 0 Å². The molecule has 0 N–H and O–H groups in total. The first-order chi connectivity index (χ1) is 3.45. The molecule has 0 unspecified atom stereocenters. The van der Waals surface area contributed by atoms with Crippen molar-refractivity contribution in [1.82, 2.24) is 0 Å². The molecule has 0 aromatic carbocycles. The van der Waals surface area contributed by atoms with Crippen LogP contribution in [0.4, 0.5) is 0 Å². The summed E-state index contributed by atoms with van der Waals surface area (Å²) in [6.45, 7) is 0. The van der Waals surface area contributed by atoms with E-state index in [1.165, 1.54) is 25.7 Å². The Hall–Kier alpha value is 0.350. The standard InChI is InChI=1S/C6H10S/c1-2-6-4-3-5(1)7-6/h5-6H,1-4H2. The summed E-state index contributed by atoms with van der Waals surface area (Å²) in [7, 11) is 0. The second-order valence-electron chi connectivity index (χ2n) is 2.53. The van der Waals surface area contributed by atoms with Gasteiger partial charge in [0.05, 0.1) is 0 Å². The smallest absolute Gasteiger partial charge is 0.00506 e. The van der Waals surface area contributed by atoms with Crippen molar-refractivity contribution >= 4 is 11.8 Å². The van der Waals surface area contributed by atoms with Crippen LogP contribution in [0, 0.1) is 0 Å². The molecule has 2 fully saturated rings. The monoisotopic (exact) mass is 114 g/mol. The summed E-state index contributed by atoms with van der Waals surface area (Å²) >= 11 is 2.23. The van der Waals surface area contributed by atoms with Crippen LogP contribution in [-0.4, -0.2) is 10.5 Å². The zero-order valence-electron chi connectivity index (χ0n) is 4.39. The van der Waals surface area contributed by atoms with Gasteiger partial charge in [0, 0.05) is 10.5 Å². The van der Waals surface area contributed by atoms with Gasteiger partial charge in [0.25, 0.3) is 0 Å². The summed E-state index contributed by atoms with van der Waals surface area (Å²) in [5, 5.41) is 2.18. The normalized spacial score (nSPS) is 48.0. The van der Waals surface area contributed by atoms with Gasteiger partial charge < -0.3 is 0 Å². The van der Waals surface area contributed by atoms with Crippen LogP contribution in [0.25, 0.3) is 0 Å². The second-order valence-corrected chi connectivity index (χ2v) is 4.14. The number of hydrogen-bond donors (Lipinski definition) is 0. The van der Waals surface area contributed by atoms with Crippen molar-refractivity contribution in [2.75, 3.05) is 0 Å². The van der Waals surface area contributed by atoms with E-state index < -0.39 is 0 Å². The van der Waals surface area contributed by atoms with E-state index in [2.05, 4.69) is 11.8 Å². The van der Waals surface area contributed by atoms with Gasteiger partial charge in [-0.3, -0.25) is 0 Å². The maximum atomic E-state index is 2.23. The van der Waals surface area contributed by atoms with Crippen LogP contribution in [0.2, 0.25) is 0 Å². The third-order valence-electron chi connectivity index (χ3n) is 2.01. The van der Waals surface area contributed by atoms with Gasteiger partial charge in [-0.25, -0.2) is 0 Å². The van der Waals surface area contributed by atoms with Crippen molar-refractivity contribution in [3.63, 3.8) is 0 Å². The average molecular weight is 114 g/mol. The molecule has 2 aliphatic heterocycles. The van der Waals surface area contributed by atoms with E-state index in [-0.39, 0.29) is 0 Å². The molecule has 0 aromatic heterocycles. The molecule has 0 saturated carbocycles. The number of thioether (sulfide) groups is 1. The van der Waals surface area contributed by atoms with Gasteiger partial charge in [-0.15, -0.1) is 0 Å². The van der Waals surface area contributed by atoms with E-state index in [9.17, 15) is 0 Å². The fraction of sp³-hybridized carbons (Fsp3) is 1.00. The number of rotatable bonds is 0. The van der Waals surface area contributed by atoms with Crippen LogP contribution in [0.15, 0.2) is 0 Å². The van der Waals surface area contributed by atoms with Crippen molar-refractivity contribution < 1.29 is 0 Å². The van der Waals surface area contributed by atoms with Gasteiger partial charge in [-0.1, -0.05) is 0 Å². The third kappa shape index (κ3) is 0.584. The SMILES string of the molecule is C1CC2CCC1S2. The van der Waals surface area contributed by atoms with Gasteiger partial charge in [0.15, 0.2) is 0 Å². The number of fused-ring (bicyclic) bond motifs is 2. The van der Waals surface area contributed by atoms with E-state index in [0.29, 0.717) is 0 Å². The van der Waals surface area contributed by atoms with Gasteiger partial charge >= 0.3 is 0 Å². The lowest BCUT2D eigenvalue weighted by molar-refractivity contribution is 0.576. The van der Waals surface area contributed by atoms with E-state index in [4.69, 9.17) is 0 Å². The molecule has 0 atom stereocenters. The largest absolute Gasteiger partial charge is 0.155 e. The van der Waals surface area contributed by atoms with Gasteiger partial charge in [0.1, 0.15) is 0 Å². The lowest BCUT2D eigenvalue weighted by Gasteiger charge is -2.02. The van der Waals surface area contributed by atoms with Crippen molar-refractivity contribution in [3.05, 3.63) is 0 Å². The van der Waals surface area contributed by atoms with Crippen LogP contribution in [0.3, 0.4) is 0 Å². The summed E-state index contributed by atoms with van der Waals surface area (Å²) in [5.41, 5.74) is 0. The molecule has 40 valence electrons. The topological polar surface area (TPSA) is 0 Å². The van der Waals surface area contributed by atoms with Gasteiger partial charge in [-0.05, 0) is 25.7 Å². The van der Waals surface area contributed by atoms with Crippen molar-refractivity contribution in [3.8, 4) is 0 Å². The first-order valence-electron chi connectivity index (χ1n) is 3.10. The lowest BCUT2D eigenvalue weighted by atomic mass is 10.0. The minimum atomic E-state index is 1.09. The second kappa shape index (κ2) is 1.41. The Balaban J connectivity index is 2.12. The Morgan fingerprint density at radius 2 is 1.29 bits per heavy atom. The highest BCUT2D eigenvalue weighted by Crippen LogP contribution is 2.45. The van der Waals surface area contributed by atoms with Crippen LogP contribution >= 0.6 is 11.8 Å². The molecule has 2 bridgehead atoms. The van der Waals surface area contributed by atoms with Crippen molar-refractivity contribution in [2.45, 2.75) is 36.2 Å². The molecule has 0 spiro atoms. The highest BCUT2D eigenvalue weighted by molar-refractivity contribution is 8.01. The fourth-order valence-corrected chi connectivity index (χ4v) is 3.21. The van der Waals surface area contributed by atoms with Crippen molar-refractivity contribution in [2.24, 2.45) is 0 Å². The molecule has 0 aromatic rings. The first-order valence-corrected chi connectivity index (χ1v) is 4.05. The molecule has 2 aliphatic rings. The Morgan fingerprint density at radius 1 is 0.857 bits per heavy atom. The predicted octanol–water partition coefficient (Wildman–Crippen LogP) is 2.04. The predicted molar refractivity (Wildman–Crippen MR) is 33.6 cm³/mol. The fourth-order valence-electron chi connectivity index (χ4n) is 1.58. The average Bonchev–Trinajstić information content (AvgIpc) is 2.22. The molecule has 0 aliphatic carbocycles. The zero-order chi connectivity index (χ0) is 4.69. The van der Waals surface area contributed by atoms with E-state index in [1.807, 2.05) is 0 Å². The Kier molecular flexibility index (Phi) is 0.857. The van der Waals surface area contributed by atoms with Crippen LogP contribution in [0.1, 0.15) is 25.7 Å². The Labute approximate surface area is 48.7 Å². The lowest BCUT2D eigenvalue weighted by Crippen LogP contribution is -1.98. The highest BCUT2D eigenvalue weighted by atomic mass is 32.2. The molecule has 2 heterocycles. The Morgan fingerprint density at radius 3 is 1.43 bits per heavy atom. The summed E-state index contributed by atoms with van der Waals surface area (Å²) in [4.78, 5) is 0. The van der Waals surface area contributed by atoms with Gasteiger partial charge in [-0.2, -0.15) is 11.8 Å². The molecular weight excluding hydrogens is 104 g/mol. The Bertz CT molecular complexity index is 62.2. The van der Waals surface area contributed by atoms with Gasteiger partial charge in [0.2, 0.25) is 0 Å². The molecular formula is C6H10S. The maximum absolute atomic E-state index is 2.23. The molecule has 0 amide bonds.